The van der Waals surface area contributed by atoms with E-state index in [1.54, 1.807) is 30.0 Å². The highest BCUT2D eigenvalue weighted by atomic mass is 35.5. The Morgan fingerprint density at radius 3 is 2.48 bits per heavy atom. The number of rotatable bonds is 3. The zero-order chi connectivity index (χ0) is 21.6. The van der Waals surface area contributed by atoms with Gasteiger partial charge in [0, 0.05) is 12.1 Å². The van der Waals surface area contributed by atoms with Gasteiger partial charge in [0.2, 0.25) is 5.91 Å². The Labute approximate surface area is 189 Å². The third kappa shape index (κ3) is 6.41. The minimum absolute atomic E-state index is 0.0432. The number of nitrogens with zero attached hydrogens (tertiary/aromatic N) is 1. The third-order valence-electron chi connectivity index (χ3n) is 3.99. The average molecular weight is 478 g/mol. The standard InChI is InChI=1S/C11H11Cl2NO2.C9H9Cl2NO/c1-7-6-16-9-5-3-2-4-8(9)14(7)11(15)10(12)13;1-2-9(13)12-6-3-4-7(10)8(11)5-6/h2-5,7,10H,6H2,1H3;3-5H,2H2,1H3,(H,12,13). The van der Waals surface area contributed by atoms with Gasteiger partial charge in [0.25, 0.3) is 5.91 Å². The van der Waals surface area contributed by atoms with Crippen LogP contribution in [0.25, 0.3) is 0 Å². The first-order valence-electron chi connectivity index (χ1n) is 8.82. The fourth-order valence-electron chi connectivity index (χ4n) is 2.56. The molecule has 29 heavy (non-hydrogen) atoms. The lowest BCUT2D eigenvalue weighted by Crippen LogP contribution is -2.47. The number of benzene rings is 2. The smallest absolute Gasteiger partial charge is 0.260 e. The van der Waals surface area contributed by atoms with Gasteiger partial charge in [0.15, 0.2) is 4.84 Å². The van der Waals surface area contributed by atoms with E-state index in [2.05, 4.69) is 5.32 Å². The summed E-state index contributed by atoms with van der Waals surface area (Å²) < 4.78 is 5.52. The first-order chi connectivity index (χ1) is 13.7. The molecule has 0 saturated heterocycles. The molecule has 2 amide bonds. The van der Waals surface area contributed by atoms with E-state index in [0.717, 1.165) is 5.69 Å². The number of carbonyl (C=O) groups excluding carboxylic acids is 2. The van der Waals surface area contributed by atoms with Crippen molar-refractivity contribution in [1.82, 2.24) is 0 Å². The van der Waals surface area contributed by atoms with Gasteiger partial charge >= 0.3 is 0 Å². The highest BCUT2D eigenvalue weighted by Gasteiger charge is 2.31. The van der Waals surface area contributed by atoms with Crippen LogP contribution in [0.4, 0.5) is 11.4 Å². The molecule has 0 spiro atoms. The van der Waals surface area contributed by atoms with Crippen LogP contribution in [0.1, 0.15) is 20.3 Å². The fraction of sp³-hybridized carbons (Fsp3) is 0.300. The van der Waals surface area contributed by atoms with Gasteiger partial charge in [-0.05, 0) is 37.3 Å². The fourth-order valence-corrected chi connectivity index (χ4v) is 3.07. The Morgan fingerprint density at radius 1 is 1.17 bits per heavy atom. The van der Waals surface area contributed by atoms with E-state index in [9.17, 15) is 9.59 Å². The van der Waals surface area contributed by atoms with Crippen LogP contribution in [0, 0.1) is 0 Å². The van der Waals surface area contributed by atoms with Crippen molar-refractivity contribution < 1.29 is 14.3 Å². The number of ether oxygens (including phenoxy) is 1. The second kappa shape index (κ2) is 10.9. The SMILES string of the molecule is CC1COc2ccccc2N1C(=O)C(Cl)Cl.CCC(=O)Nc1ccc(Cl)c(Cl)c1. The predicted octanol–water partition coefficient (Wildman–Crippen LogP) is 5.95. The van der Waals surface area contributed by atoms with Gasteiger partial charge < -0.3 is 15.0 Å². The molecule has 0 fully saturated rings. The van der Waals surface area contributed by atoms with Crippen LogP contribution in [-0.2, 0) is 9.59 Å². The summed E-state index contributed by atoms with van der Waals surface area (Å²) in [6.45, 7) is 4.13. The molecule has 1 heterocycles. The number of halogens is 4. The maximum absolute atomic E-state index is 11.9. The van der Waals surface area contributed by atoms with Crippen molar-refractivity contribution >= 4 is 69.6 Å². The summed E-state index contributed by atoms with van der Waals surface area (Å²) in [4.78, 5) is 23.4. The van der Waals surface area contributed by atoms with Crippen LogP contribution in [0.5, 0.6) is 5.75 Å². The van der Waals surface area contributed by atoms with E-state index in [1.807, 2.05) is 31.2 Å². The number of para-hydroxylation sites is 2. The quantitative estimate of drug-likeness (QED) is 0.556. The Balaban J connectivity index is 0.000000212. The number of alkyl halides is 2. The number of nitrogens with one attached hydrogen (secondary N) is 1. The number of hydrogen-bond donors (Lipinski definition) is 1. The second-order valence-electron chi connectivity index (χ2n) is 6.17. The summed E-state index contributed by atoms with van der Waals surface area (Å²) in [5.41, 5.74) is 1.39. The summed E-state index contributed by atoms with van der Waals surface area (Å²) in [7, 11) is 0. The summed E-state index contributed by atoms with van der Waals surface area (Å²) in [6.07, 6.45) is 0.445. The molecule has 1 aliphatic rings. The summed E-state index contributed by atoms with van der Waals surface area (Å²) in [5, 5.41) is 3.60. The molecule has 1 unspecified atom stereocenters. The van der Waals surface area contributed by atoms with E-state index < -0.39 is 4.84 Å². The van der Waals surface area contributed by atoms with Crippen molar-refractivity contribution in [2.45, 2.75) is 31.1 Å². The first-order valence-corrected chi connectivity index (χ1v) is 10.4. The lowest BCUT2D eigenvalue weighted by atomic mass is 10.1. The molecule has 1 aliphatic heterocycles. The van der Waals surface area contributed by atoms with Crippen LogP contribution < -0.4 is 15.0 Å². The van der Waals surface area contributed by atoms with Gasteiger partial charge in [0.1, 0.15) is 12.4 Å². The highest BCUT2D eigenvalue weighted by molar-refractivity contribution is 6.54. The van der Waals surface area contributed by atoms with E-state index in [4.69, 9.17) is 51.1 Å². The molecule has 1 N–H and O–H groups in total. The molecule has 9 heteroatoms. The predicted molar refractivity (Wildman–Crippen MR) is 120 cm³/mol. The van der Waals surface area contributed by atoms with Crippen molar-refractivity contribution in [3.8, 4) is 5.75 Å². The molecular formula is C20H20Cl4N2O3. The average Bonchev–Trinajstić information content (AvgIpc) is 2.70. The van der Waals surface area contributed by atoms with Gasteiger partial charge in [-0.3, -0.25) is 9.59 Å². The van der Waals surface area contributed by atoms with Crippen molar-refractivity contribution in [3.63, 3.8) is 0 Å². The molecule has 0 aliphatic carbocycles. The Morgan fingerprint density at radius 2 is 1.86 bits per heavy atom. The largest absolute Gasteiger partial charge is 0.489 e. The van der Waals surface area contributed by atoms with Gasteiger partial charge in [-0.1, -0.05) is 65.5 Å². The third-order valence-corrected chi connectivity index (χ3v) is 5.11. The van der Waals surface area contributed by atoms with Crippen molar-refractivity contribution in [2.24, 2.45) is 0 Å². The van der Waals surface area contributed by atoms with Gasteiger partial charge in [-0.2, -0.15) is 0 Å². The van der Waals surface area contributed by atoms with Gasteiger partial charge in [0.05, 0.1) is 21.8 Å². The van der Waals surface area contributed by atoms with Crippen LogP contribution in [0.3, 0.4) is 0 Å². The molecule has 0 saturated carbocycles. The molecular weight excluding hydrogens is 458 g/mol. The zero-order valence-electron chi connectivity index (χ0n) is 15.8. The lowest BCUT2D eigenvalue weighted by Gasteiger charge is -2.35. The van der Waals surface area contributed by atoms with Gasteiger partial charge in [-0.25, -0.2) is 0 Å². The number of anilines is 2. The van der Waals surface area contributed by atoms with Crippen LogP contribution in [0.15, 0.2) is 42.5 Å². The molecule has 0 bridgehead atoms. The molecule has 2 aromatic rings. The van der Waals surface area contributed by atoms with E-state index >= 15 is 0 Å². The maximum atomic E-state index is 11.9. The number of amides is 2. The van der Waals surface area contributed by atoms with E-state index in [1.165, 1.54) is 0 Å². The molecule has 2 aromatic carbocycles. The van der Waals surface area contributed by atoms with Crippen LogP contribution >= 0.6 is 46.4 Å². The number of hydrogen-bond acceptors (Lipinski definition) is 3. The highest BCUT2D eigenvalue weighted by Crippen LogP contribution is 2.34. The Kier molecular flexibility index (Phi) is 8.90. The van der Waals surface area contributed by atoms with E-state index in [-0.39, 0.29) is 17.9 Å². The minimum Gasteiger partial charge on any atom is -0.489 e. The second-order valence-corrected chi connectivity index (χ2v) is 8.08. The number of carbonyl (C=O) groups is 2. The molecule has 5 nitrogen and oxygen atoms in total. The zero-order valence-corrected chi connectivity index (χ0v) is 18.8. The maximum Gasteiger partial charge on any atom is 0.260 e. The summed E-state index contributed by atoms with van der Waals surface area (Å²) in [5.74, 6) is 0.327. The monoisotopic (exact) mass is 476 g/mol. The minimum atomic E-state index is -1.05. The van der Waals surface area contributed by atoms with Crippen molar-refractivity contribution in [3.05, 3.63) is 52.5 Å². The Bertz CT molecular complexity index is 877. The summed E-state index contributed by atoms with van der Waals surface area (Å²) in [6, 6.07) is 12.3. The van der Waals surface area contributed by atoms with Crippen molar-refractivity contribution in [1.29, 1.82) is 0 Å². The van der Waals surface area contributed by atoms with E-state index in [0.29, 0.717) is 34.5 Å². The molecule has 1 atom stereocenters. The normalized spacial score (nSPS) is 15.0. The summed E-state index contributed by atoms with van der Waals surface area (Å²) >= 11 is 22.7. The lowest BCUT2D eigenvalue weighted by molar-refractivity contribution is -0.118. The Hall–Kier alpha value is -1.66. The first kappa shape index (κ1) is 23.6. The van der Waals surface area contributed by atoms with Crippen LogP contribution in [-0.4, -0.2) is 29.3 Å². The van der Waals surface area contributed by atoms with Gasteiger partial charge in [-0.15, -0.1) is 0 Å². The number of fused-ring (bicyclic) bond motifs is 1. The topological polar surface area (TPSA) is 58.6 Å². The molecule has 0 aromatic heterocycles. The molecule has 156 valence electrons. The van der Waals surface area contributed by atoms with Crippen LogP contribution in [0.2, 0.25) is 10.0 Å². The molecule has 0 radical (unpaired) electrons. The van der Waals surface area contributed by atoms with Crippen molar-refractivity contribution in [2.75, 3.05) is 16.8 Å². The molecule has 3 rings (SSSR count).